The fraction of sp³-hybridized carbons (Fsp3) is 0.316. The van der Waals surface area contributed by atoms with E-state index in [9.17, 15) is 4.79 Å². The van der Waals surface area contributed by atoms with Gasteiger partial charge >= 0.3 is 0 Å². The van der Waals surface area contributed by atoms with Gasteiger partial charge in [-0.25, -0.2) is 0 Å². The number of fused-ring (bicyclic) bond motifs is 1. The number of carbonyl (C=O) groups is 1. The molecule has 2 aromatic rings. The molecule has 0 fully saturated rings. The van der Waals surface area contributed by atoms with Gasteiger partial charge in [-0.2, -0.15) is 0 Å². The molecule has 23 heavy (non-hydrogen) atoms. The lowest BCUT2D eigenvalue weighted by molar-refractivity contribution is 0.0983. The summed E-state index contributed by atoms with van der Waals surface area (Å²) in [5.41, 5.74) is 2.67. The van der Waals surface area contributed by atoms with E-state index < -0.39 is 0 Å². The van der Waals surface area contributed by atoms with Crippen molar-refractivity contribution in [1.82, 2.24) is 0 Å². The number of anilines is 2. The molecule has 120 valence electrons. The Morgan fingerprint density at radius 2 is 1.74 bits per heavy atom. The van der Waals surface area contributed by atoms with Crippen molar-refractivity contribution < 1.29 is 9.53 Å². The SMILES string of the molecule is CCOc1ccccc1C(=O)N1CCCN(C)c2ccccc21. The Hall–Kier alpha value is -2.49. The maximum Gasteiger partial charge on any atom is 0.262 e. The minimum absolute atomic E-state index is 0.00296. The molecule has 0 saturated carbocycles. The third-order valence-electron chi connectivity index (χ3n) is 4.12. The van der Waals surface area contributed by atoms with Crippen molar-refractivity contribution in [3.05, 3.63) is 54.1 Å². The van der Waals surface area contributed by atoms with Gasteiger partial charge < -0.3 is 14.5 Å². The highest BCUT2D eigenvalue weighted by Crippen LogP contribution is 2.33. The van der Waals surface area contributed by atoms with E-state index in [1.165, 1.54) is 0 Å². The number of nitrogens with zero attached hydrogens (tertiary/aromatic N) is 2. The summed E-state index contributed by atoms with van der Waals surface area (Å²) in [7, 11) is 2.07. The molecule has 3 rings (SSSR count). The molecule has 0 atom stereocenters. The largest absolute Gasteiger partial charge is 0.493 e. The number of ether oxygens (including phenoxy) is 1. The molecular formula is C19H22N2O2. The van der Waals surface area contributed by atoms with Gasteiger partial charge in [0.25, 0.3) is 5.91 Å². The molecule has 0 unspecified atom stereocenters. The van der Waals surface area contributed by atoms with Crippen LogP contribution in [0.2, 0.25) is 0 Å². The molecule has 1 aliphatic rings. The van der Waals surface area contributed by atoms with Gasteiger partial charge in [0.1, 0.15) is 5.75 Å². The van der Waals surface area contributed by atoms with Crippen LogP contribution in [0, 0.1) is 0 Å². The summed E-state index contributed by atoms with van der Waals surface area (Å²) in [4.78, 5) is 17.2. The van der Waals surface area contributed by atoms with Gasteiger partial charge in [0.2, 0.25) is 0 Å². The van der Waals surface area contributed by atoms with Crippen molar-refractivity contribution in [1.29, 1.82) is 0 Å². The molecule has 0 spiro atoms. The zero-order valence-corrected chi connectivity index (χ0v) is 13.7. The van der Waals surface area contributed by atoms with Crippen molar-refractivity contribution in [3.63, 3.8) is 0 Å². The van der Waals surface area contributed by atoms with Gasteiger partial charge in [-0.05, 0) is 37.6 Å². The number of benzene rings is 2. The van der Waals surface area contributed by atoms with Crippen molar-refractivity contribution >= 4 is 17.3 Å². The number of amides is 1. The minimum atomic E-state index is -0.00296. The van der Waals surface area contributed by atoms with Crippen LogP contribution in [0.3, 0.4) is 0 Å². The molecule has 1 amide bonds. The topological polar surface area (TPSA) is 32.8 Å². The molecule has 0 bridgehead atoms. The lowest BCUT2D eigenvalue weighted by Gasteiger charge is -2.25. The average molecular weight is 310 g/mol. The summed E-state index contributed by atoms with van der Waals surface area (Å²) < 4.78 is 5.63. The van der Waals surface area contributed by atoms with E-state index in [0.717, 1.165) is 24.3 Å². The van der Waals surface area contributed by atoms with Crippen LogP contribution >= 0.6 is 0 Å². The fourth-order valence-corrected chi connectivity index (χ4v) is 3.00. The lowest BCUT2D eigenvalue weighted by Crippen LogP contribution is -2.31. The van der Waals surface area contributed by atoms with Crippen molar-refractivity contribution in [2.24, 2.45) is 0 Å². The number of rotatable bonds is 3. The number of carbonyl (C=O) groups excluding carboxylic acids is 1. The molecule has 0 N–H and O–H groups in total. The Labute approximate surface area is 137 Å². The highest BCUT2D eigenvalue weighted by Gasteiger charge is 2.25. The Balaban J connectivity index is 2.01. The molecule has 0 radical (unpaired) electrons. The second-order valence-electron chi connectivity index (χ2n) is 5.65. The number of hydrogen-bond donors (Lipinski definition) is 0. The van der Waals surface area contributed by atoms with Crippen molar-refractivity contribution in [2.45, 2.75) is 13.3 Å². The maximum absolute atomic E-state index is 13.1. The van der Waals surface area contributed by atoms with Gasteiger partial charge in [0, 0.05) is 20.1 Å². The summed E-state index contributed by atoms with van der Waals surface area (Å²) in [6, 6.07) is 15.5. The van der Waals surface area contributed by atoms with E-state index in [2.05, 4.69) is 18.0 Å². The van der Waals surface area contributed by atoms with Gasteiger partial charge in [0.05, 0.1) is 23.5 Å². The first-order chi connectivity index (χ1) is 11.2. The fourth-order valence-electron chi connectivity index (χ4n) is 3.00. The van der Waals surface area contributed by atoms with Crippen LogP contribution in [-0.2, 0) is 0 Å². The molecule has 2 aromatic carbocycles. The van der Waals surface area contributed by atoms with Gasteiger partial charge in [-0.3, -0.25) is 4.79 Å². The molecule has 1 heterocycles. The van der Waals surface area contributed by atoms with Gasteiger partial charge in [-0.15, -0.1) is 0 Å². The molecule has 1 aliphatic heterocycles. The van der Waals surface area contributed by atoms with Crippen LogP contribution in [0.5, 0.6) is 5.75 Å². The first-order valence-electron chi connectivity index (χ1n) is 8.06. The van der Waals surface area contributed by atoms with Crippen LogP contribution in [-0.4, -0.2) is 32.7 Å². The number of para-hydroxylation sites is 3. The van der Waals surface area contributed by atoms with E-state index in [0.29, 0.717) is 24.5 Å². The summed E-state index contributed by atoms with van der Waals surface area (Å²) in [5.74, 6) is 0.645. The first kappa shape index (κ1) is 15.4. The molecule has 0 saturated heterocycles. The normalized spacial score (nSPS) is 14.2. The first-order valence-corrected chi connectivity index (χ1v) is 8.06. The van der Waals surface area contributed by atoms with E-state index >= 15 is 0 Å². The maximum atomic E-state index is 13.1. The van der Waals surface area contributed by atoms with Crippen LogP contribution in [0.25, 0.3) is 0 Å². The lowest BCUT2D eigenvalue weighted by atomic mass is 10.1. The van der Waals surface area contributed by atoms with Crippen LogP contribution in [0.4, 0.5) is 11.4 Å². The second-order valence-corrected chi connectivity index (χ2v) is 5.65. The van der Waals surface area contributed by atoms with Crippen LogP contribution in [0.15, 0.2) is 48.5 Å². The molecule has 0 aliphatic carbocycles. The summed E-state index contributed by atoms with van der Waals surface area (Å²) >= 11 is 0. The molecule has 4 heteroatoms. The van der Waals surface area contributed by atoms with Gasteiger partial charge in [-0.1, -0.05) is 24.3 Å². The highest BCUT2D eigenvalue weighted by atomic mass is 16.5. The Bertz CT molecular complexity index is 699. The van der Waals surface area contributed by atoms with E-state index in [4.69, 9.17) is 4.74 Å². The molecule has 4 nitrogen and oxygen atoms in total. The summed E-state index contributed by atoms with van der Waals surface area (Å²) in [6.07, 6.45) is 0.938. The van der Waals surface area contributed by atoms with E-state index in [1.807, 2.05) is 54.3 Å². The monoisotopic (exact) mass is 310 g/mol. The highest BCUT2D eigenvalue weighted by molar-refractivity contribution is 6.09. The standard InChI is InChI=1S/C19H22N2O2/c1-3-23-18-12-7-4-9-15(18)19(22)21-14-8-13-20(2)16-10-5-6-11-17(16)21/h4-7,9-12H,3,8,13-14H2,1-2H3. The molecular weight excluding hydrogens is 288 g/mol. The number of hydrogen-bond acceptors (Lipinski definition) is 3. The minimum Gasteiger partial charge on any atom is -0.493 e. The third kappa shape index (κ3) is 3.02. The van der Waals surface area contributed by atoms with E-state index in [1.54, 1.807) is 0 Å². The summed E-state index contributed by atoms with van der Waals surface area (Å²) in [5, 5.41) is 0. The Morgan fingerprint density at radius 1 is 1.04 bits per heavy atom. The second kappa shape index (κ2) is 6.73. The van der Waals surface area contributed by atoms with Crippen LogP contribution in [0.1, 0.15) is 23.7 Å². The zero-order chi connectivity index (χ0) is 16.2. The molecule has 0 aromatic heterocycles. The van der Waals surface area contributed by atoms with Crippen molar-refractivity contribution in [2.75, 3.05) is 36.5 Å². The van der Waals surface area contributed by atoms with Crippen molar-refractivity contribution in [3.8, 4) is 5.75 Å². The zero-order valence-electron chi connectivity index (χ0n) is 13.7. The predicted molar refractivity (Wildman–Crippen MR) is 93.6 cm³/mol. The Morgan fingerprint density at radius 3 is 2.52 bits per heavy atom. The smallest absolute Gasteiger partial charge is 0.262 e. The summed E-state index contributed by atoms with van der Waals surface area (Å²) in [6.45, 7) is 4.12. The Kier molecular flexibility index (Phi) is 4.51. The van der Waals surface area contributed by atoms with Crippen LogP contribution < -0.4 is 14.5 Å². The third-order valence-corrected chi connectivity index (χ3v) is 4.12. The quantitative estimate of drug-likeness (QED) is 0.869. The average Bonchev–Trinajstić information content (AvgIpc) is 2.75. The van der Waals surface area contributed by atoms with E-state index in [-0.39, 0.29) is 5.91 Å². The predicted octanol–water partition coefficient (Wildman–Crippen LogP) is 3.57. The van der Waals surface area contributed by atoms with Gasteiger partial charge in [0.15, 0.2) is 0 Å².